The number of rotatable bonds is 5. The van der Waals surface area contributed by atoms with Crippen LogP contribution in [-0.2, 0) is 9.59 Å². The molecule has 0 fully saturated rings. The lowest BCUT2D eigenvalue weighted by Crippen LogP contribution is -2.46. The molecule has 2 aromatic rings. The molecule has 0 heterocycles. The molecule has 0 saturated heterocycles. The van der Waals surface area contributed by atoms with Crippen molar-refractivity contribution >= 4 is 33.8 Å². The molecule has 0 aromatic heterocycles. The molecule has 136 valence electrons. The van der Waals surface area contributed by atoms with E-state index in [0.717, 1.165) is 21.2 Å². The van der Waals surface area contributed by atoms with Crippen molar-refractivity contribution in [3.8, 4) is 5.75 Å². The summed E-state index contributed by atoms with van der Waals surface area (Å²) in [4.78, 5) is 23.9. The number of hydrogen-bond acceptors (Lipinski definition) is 3. The van der Waals surface area contributed by atoms with Crippen LogP contribution in [0.5, 0.6) is 5.75 Å². The largest absolute Gasteiger partial charge is 0.481 e. The fourth-order valence-corrected chi connectivity index (χ4v) is 2.56. The van der Waals surface area contributed by atoms with Crippen LogP contribution in [-0.4, -0.2) is 17.9 Å². The van der Waals surface area contributed by atoms with Crippen LogP contribution in [0.4, 0.5) is 0 Å². The molecule has 26 heavy (non-hydrogen) atoms. The zero-order chi connectivity index (χ0) is 19.1. The van der Waals surface area contributed by atoms with E-state index < -0.39 is 17.9 Å². The third-order valence-corrected chi connectivity index (χ3v) is 4.31. The summed E-state index contributed by atoms with van der Waals surface area (Å²) in [5, 5.41) is 0. The van der Waals surface area contributed by atoms with E-state index in [1.54, 1.807) is 13.0 Å². The number of amides is 2. The van der Waals surface area contributed by atoms with E-state index >= 15 is 0 Å². The van der Waals surface area contributed by atoms with Gasteiger partial charge in [-0.25, -0.2) is 0 Å². The Morgan fingerprint density at radius 2 is 1.85 bits per heavy atom. The van der Waals surface area contributed by atoms with Crippen molar-refractivity contribution in [2.45, 2.75) is 26.9 Å². The first-order valence-electron chi connectivity index (χ1n) is 8.13. The summed E-state index contributed by atoms with van der Waals surface area (Å²) in [6, 6.07) is 13.2. The molecule has 5 nitrogen and oxygen atoms in total. The molecule has 2 rings (SSSR count). The highest BCUT2D eigenvalue weighted by Crippen LogP contribution is 2.21. The van der Waals surface area contributed by atoms with Crippen molar-refractivity contribution in [3.63, 3.8) is 0 Å². The molecular weight excluding hydrogens is 396 g/mol. The Kier molecular flexibility index (Phi) is 6.97. The van der Waals surface area contributed by atoms with Crippen molar-refractivity contribution in [1.29, 1.82) is 0 Å². The molecule has 0 unspecified atom stereocenters. The van der Waals surface area contributed by atoms with E-state index in [-0.39, 0.29) is 0 Å². The zero-order valence-corrected chi connectivity index (χ0v) is 16.5. The van der Waals surface area contributed by atoms with Gasteiger partial charge in [0.15, 0.2) is 6.10 Å². The van der Waals surface area contributed by atoms with Crippen molar-refractivity contribution in [2.24, 2.45) is 0 Å². The number of aryl methyl sites for hydroxylation is 1. The van der Waals surface area contributed by atoms with Crippen molar-refractivity contribution in [1.82, 2.24) is 10.9 Å². The number of hydrazine groups is 1. The number of carbonyl (C=O) groups is 2. The monoisotopic (exact) mass is 416 g/mol. The van der Waals surface area contributed by atoms with Gasteiger partial charge in [0, 0.05) is 10.5 Å². The fourth-order valence-electron chi connectivity index (χ4n) is 2.14. The molecule has 2 aromatic carbocycles. The molecule has 2 amide bonds. The van der Waals surface area contributed by atoms with Gasteiger partial charge in [0.1, 0.15) is 5.75 Å². The Labute approximate surface area is 161 Å². The molecule has 0 bridgehead atoms. The standard InChI is InChI=1S/C20H21BrN2O3/c1-13-6-4-9-18(14(13)2)26-15(3)20(25)23-22-19(24)11-10-16-7-5-8-17(21)12-16/h4-12,15H,1-3H3,(H,22,24)(H,23,25)/b11-10+/t15-/m0/s1. The summed E-state index contributed by atoms with van der Waals surface area (Å²) < 4.78 is 6.60. The van der Waals surface area contributed by atoms with Gasteiger partial charge in [-0.05, 0) is 61.7 Å². The van der Waals surface area contributed by atoms with Crippen LogP contribution in [0.3, 0.4) is 0 Å². The third kappa shape index (κ3) is 5.74. The first kappa shape index (κ1) is 19.7. The van der Waals surface area contributed by atoms with Crippen LogP contribution in [0.1, 0.15) is 23.6 Å². The van der Waals surface area contributed by atoms with Crippen LogP contribution in [0.25, 0.3) is 6.08 Å². The van der Waals surface area contributed by atoms with Gasteiger partial charge in [-0.1, -0.05) is 40.2 Å². The average molecular weight is 417 g/mol. The Morgan fingerprint density at radius 3 is 2.58 bits per heavy atom. The summed E-state index contributed by atoms with van der Waals surface area (Å²) >= 11 is 3.37. The molecule has 0 radical (unpaired) electrons. The van der Waals surface area contributed by atoms with Crippen molar-refractivity contribution in [3.05, 3.63) is 69.7 Å². The van der Waals surface area contributed by atoms with Crippen LogP contribution in [0, 0.1) is 13.8 Å². The minimum Gasteiger partial charge on any atom is -0.481 e. The topological polar surface area (TPSA) is 67.4 Å². The molecular formula is C20H21BrN2O3. The van der Waals surface area contributed by atoms with E-state index in [2.05, 4.69) is 26.8 Å². The molecule has 1 atom stereocenters. The van der Waals surface area contributed by atoms with E-state index in [1.807, 2.05) is 56.3 Å². The van der Waals surface area contributed by atoms with Crippen molar-refractivity contribution < 1.29 is 14.3 Å². The van der Waals surface area contributed by atoms with E-state index in [9.17, 15) is 9.59 Å². The van der Waals surface area contributed by atoms with Gasteiger partial charge in [0.2, 0.25) is 0 Å². The van der Waals surface area contributed by atoms with Crippen LogP contribution in [0.2, 0.25) is 0 Å². The van der Waals surface area contributed by atoms with E-state index in [4.69, 9.17) is 4.74 Å². The Hall–Kier alpha value is -2.60. The van der Waals surface area contributed by atoms with Crippen LogP contribution >= 0.6 is 15.9 Å². The lowest BCUT2D eigenvalue weighted by Gasteiger charge is -2.17. The summed E-state index contributed by atoms with van der Waals surface area (Å²) in [5.74, 6) is -0.221. The highest BCUT2D eigenvalue weighted by molar-refractivity contribution is 9.10. The van der Waals surface area contributed by atoms with Gasteiger partial charge in [0.25, 0.3) is 11.8 Å². The first-order chi connectivity index (χ1) is 12.4. The molecule has 2 N–H and O–H groups in total. The van der Waals surface area contributed by atoms with Crippen LogP contribution < -0.4 is 15.6 Å². The molecule has 0 aliphatic carbocycles. The smallest absolute Gasteiger partial charge is 0.279 e. The molecule has 0 aliphatic rings. The summed E-state index contributed by atoms with van der Waals surface area (Å²) in [7, 11) is 0. The molecule has 6 heteroatoms. The van der Waals surface area contributed by atoms with Gasteiger partial charge in [-0.2, -0.15) is 0 Å². The number of halogens is 1. The Bertz CT molecular complexity index is 834. The Morgan fingerprint density at radius 1 is 1.12 bits per heavy atom. The van der Waals surface area contributed by atoms with Gasteiger partial charge in [-0.15, -0.1) is 0 Å². The minimum absolute atomic E-state index is 0.433. The fraction of sp³-hybridized carbons (Fsp3) is 0.200. The maximum atomic E-state index is 12.1. The van der Waals surface area contributed by atoms with Crippen LogP contribution in [0.15, 0.2) is 53.0 Å². The highest BCUT2D eigenvalue weighted by atomic mass is 79.9. The highest BCUT2D eigenvalue weighted by Gasteiger charge is 2.16. The Balaban J connectivity index is 1.85. The second kappa shape index (κ2) is 9.20. The molecule has 0 spiro atoms. The number of nitrogens with one attached hydrogen (secondary N) is 2. The molecule has 0 aliphatic heterocycles. The number of ether oxygens (including phenoxy) is 1. The number of carbonyl (C=O) groups excluding carboxylic acids is 2. The minimum atomic E-state index is -0.746. The van der Waals surface area contributed by atoms with E-state index in [1.165, 1.54) is 6.08 Å². The second-order valence-corrected chi connectivity index (χ2v) is 6.74. The zero-order valence-electron chi connectivity index (χ0n) is 14.9. The SMILES string of the molecule is Cc1cccc(O[C@@H](C)C(=O)NNC(=O)/C=C/c2cccc(Br)c2)c1C. The molecule has 0 saturated carbocycles. The summed E-state index contributed by atoms with van der Waals surface area (Å²) in [6.07, 6.45) is 2.26. The first-order valence-corrected chi connectivity index (χ1v) is 8.92. The lowest BCUT2D eigenvalue weighted by atomic mass is 10.1. The number of benzene rings is 2. The lowest BCUT2D eigenvalue weighted by molar-refractivity contribution is -0.131. The summed E-state index contributed by atoms with van der Waals surface area (Å²) in [5.41, 5.74) is 7.64. The third-order valence-electron chi connectivity index (χ3n) is 3.81. The van der Waals surface area contributed by atoms with Gasteiger partial charge in [0.05, 0.1) is 0 Å². The average Bonchev–Trinajstić information content (AvgIpc) is 2.61. The summed E-state index contributed by atoms with van der Waals surface area (Å²) in [6.45, 7) is 5.54. The predicted octanol–water partition coefficient (Wildman–Crippen LogP) is 3.69. The maximum absolute atomic E-state index is 12.1. The quantitative estimate of drug-likeness (QED) is 0.576. The van der Waals surface area contributed by atoms with Gasteiger partial charge in [-0.3, -0.25) is 20.4 Å². The van der Waals surface area contributed by atoms with E-state index in [0.29, 0.717) is 5.75 Å². The number of hydrogen-bond donors (Lipinski definition) is 2. The normalized spacial score (nSPS) is 11.8. The predicted molar refractivity (Wildman–Crippen MR) is 105 cm³/mol. The van der Waals surface area contributed by atoms with Gasteiger partial charge >= 0.3 is 0 Å². The van der Waals surface area contributed by atoms with Crippen molar-refractivity contribution in [2.75, 3.05) is 0 Å². The van der Waals surface area contributed by atoms with Gasteiger partial charge < -0.3 is 4.74 Å². The maximum Gasteiger partial charge on any atom is 0.279 e. The second-order valence-electron chi connectivity index (χ2n) is 5.82.